The molecule has 132 valence electrons. The summed E-state index contributed by atoms with van der Waals surface area (Å²) in [5.74, 6) is -1.58. The van der Waals surface area contributed by atoms with Crippen LogP contribution in [-0.2, 0) is 9.59 Å². The largest absolute Gasteiger partial charge is 0.494 e. The molecule has 0 aliphatic carbocycles. The van der Waals surface area contributed by atoms with E-state index < -0.39 is 23.8 Å². The van der Waals surface area contributed by atoms with Gasteiger partial charge in [-0.2, -0.15) is 0 Å². The first kappa shape index (κ1) is 19.5. The van der Waals surface area contributed by atoms with E-state index in [1.54, 1.807) is 31.2 Å². The number of carbonyl (C=O) groups excluding carboxylic acids is 2. The molecule has 24 heavy (non-hydrogen) atoms. The van der Waals surface area contributed by atoms with Crippen LogP contribution in [0.2, 0.25) is 0 Å². The lowest BCUT2D eigenvalue weighted by atomic mass is 9.99. The molecule has 0 aliphatic rings. The van der Waals surface area contributed by atoms with E-state index in [2.05, 4.69) is 10.6 Å². The molecule has 0 aromatic heterocycles. The molecule has 0 unspecified atom stereocenters. The third-order valence-corrected chi connectivity index (χ3v) is 3.63. The number of benzene rings is 1. The topological polar surface area (TPSA) is 105 Å². The minimum absolute atomic E-state index is 0.201. The first-order valence-electron chi connectivity index (χ1n) is 7.92. The van der Waals surface area contributed by atoms with E-state index in [4.69, 9.17) is 9.84 Å². The summed E-state index contributed by atoms with van der Waals surface area (Å²) in [4.78, 5) is 35.0. The minimum atomic E-state index is -1.09. The Morgan fingerprint density at radius 2 is 1.79 bits per heavy atom. The number of rotatable bonds is 9. The number of carboxylic acid groups (broad SMARTS) is 1. The van der Waals surface area contributed by atoms with Gasteiger partial charge in [-0.3, -0.25) is 9.59 Å². The van der Waals surface area contributed by atoms with Crippen molar-refractivity contribution < 1.29 is 24.2 Å². The van der Waals surface area contributed by atoms with E-state index in [9.17, 15) is 14.4 Å². The average molecular weight is 336 g/mol. The van der Waals surface area contributed by atoms with Crippen LogP contribution in [0.25, 0.3) is 0 Å². The van der Waals surface area contributed by atoms with Crippen LogP contribution in [0, 0.1) is 5.92 Å². The van der Waals surface area contributed by atoms with Crippen LogP contribution in [0.4, 0.5) is 0 Å². The predicted molar refractivity (Wildman–Crippen MR) is 89.0 cm³/mol. The number of hydrogen-bond acceptors (Lipinski definition) is 4. The lowest BCUT2D eigenvalue weighted by Gasteiger charge is -2.20. The van der Waals surface area contributed by atoms with E-state index in [0.29, 0.717) is 24.3 Å². The predicted octanol–water partition coefficient (Wildman–Crippen LogP) is 1.43. The fourth-order valence-corrected chi connectivity index (χ4v) is 2.04. The number of hydrogen-bond donors (Lipinski definition) is 3. The minimum Gasteiger partial charge on any atom is -0.494 e. The van der Waals surface area contributed by atoms with Crippen LogP contribution in [0.1, 0.15) is 37.6 Å². The quantitative estimate of drug-likeness (QED) is 0.633. The van der Waals surface area contributed by atoms with Crippen molar-refractivity contribution in [2.75, 3.05) is 13.2 Å². The summed E-state index contributed by atoms with van der Waals surface area (Å²) < 4.78 is 5.29. The van der Waals surface area contributed by atoms with Crippen molar-refractivity contribution >= 4 is 17.8 Å². The molecule has 0 aliphatic heterocycles. The highest BCUT2D eigenvalue weighted by molar-refractivity contribution is 5.97. The smallest absolute Gasteiger partial charge is 0.326 e. The van der Waals surface area contributed by atoms with Crippen molar-refractivity contribution in [3.05, 3.63) is 29.8 Å². The number of ether oxygens (including phenoxy) is 1. The van der Waals surface area contributed by atoms with Crippen LogP contribution in [0.15, 0.2) is 24.3 Å². The van der Waals surface area contributed by atoms with Crippen molar-refractivity contribution in [3.8, 4) is 5.75 Å². The molecule has 0 bridgehead atoms. The summed E-state index contributed by atoms with van der Waals surface area (Å²) in [6, 6.07) is 5.56. The lowest BCUT2D eigenvalue weighted by molar-refractivity contribution is -0.143. The van der Waals surface area contributed by atoms with Crippen molar-refractivity contribution in [1.29, 1.82) is 0 Å². The van der Waals surface area contributed by atoms with Crippen LogP contribution in [0.3, 0.4) is 0 Å². The molecule has 7 nitrogen and oxygen atoms in total. The summed E-state index contributed by atoms with van der Waals surface area (Å²) in [6.45, 7) is 5.71. The molecule has 3 N–H and O–H groups in total. The second kappa shape index (κ2) is 9.54. The van der Waals surface area contributed by atoms with Gasteiger partial charge in [0.2, 0.25) is 5.91 Å². The van der Waals surface area contributed by atoms with Gasteiger partial charge in [0.05, 0.1) is 13.2 Å². The summed E-state index contributed by atoms with van der Waals surface area (Å²) in [5.41, 5.74) is 0.392. The third kappa shape index (κ3) is 5.91. The van der Waals surface area contributed by atoms with Gasteiger partial charge in [-0.05, 0) is 37.1 Å². The lowest BCUT2D eigenvalue weighted by Crippen LogP contribution is -2.48. The monoisotopic (exact) mass is 336 g/mol. The molecule has 0 fully saturated rings. The van der Waals surface area contributed by atoms with Gasteiger partial charge in [0, 0.05) is 5.56 Å². The number of aliphatic carboxylic acids is 1. The van der Waals surface area contributed by atoms with Gasteiger partial charge >= 0.3 is 5.97 Å². The Morgan fingerprint density at radius 1 is 1.17 bits per heavy atom. The summed E-state index contributed by atoms with van der Waals surface area (Å²) in [6.07, 6.45) is 0.621. The number of amides is 2. The van der Waals surface area contributed by atoms with E-state index in [0.717, 1.165) is 0 Å². The Hall–Kier alpha value is -2.57. The molecular formula is C17H24N2O5. The van der Waals surface area contributed by atoms with Gasteiger partial charge in [-0.25, -0.2) is 4.79 Å². The first-order chi connectivity index (χ1) is 11.4. The van der Waals surface area contributed by atoms with Crippen molar-refractivity contribution in [2.45, 2.75) is 33.2 Å². The molecule has 1 aromatic carbocycles. The van der Waals surface area contributed by atoms with E-state index in [-0.39, 0.29) is 12.5 Å². The standard InChI is InChI=1S/C17H24N2O5/c1-4-11(3)15(17(22)23)19-14(20)10-18-16(21)12-6-8-13(9-7-12)24-5-2/h6-9,11,15H,4-5,10H2,1-3H3,(H,18,21)(H,19,20)(H,22,23)/t11-,15-/m0/s1. The molecule has 1 rings (SSSR count). The van der Waals surface area contributed by atoms with E-state index in [1.807, 2.05) is 13.8 Å². The van der Waals surface area contributed by atoms with Crippen molar-refractivity contribution in [2.24, 2.45) is 5.92 Å². The highest BCUT2D eigenvalue weighted by Gasteiger charge is 2.25. The van der Waals surface area contributed by atoms with Crippen molar-refractivity contribution in [1.82, 2.24) is 10.6 Å². The van der Waals surface area contributed by atoms with Crippen LogP contribution in [-0.4, -0.2) is 42.1 Å². The van der Waals surface area contributed by atoms with Gasteiger partial charge < -0.3 is 20.5 Å². The highest BCUT2D eigenvalue weighted by atomic mass is 16.5. The zero-order chi connectivity index (χ0) is 18.1. The van der Waals surface area contributed by atoms with E-state index in [1.165, 1.54) is 0 Å². The third-order valence-electron chi connectivity index (χ3n) is 3.63. The molecule has 0 saturated carbocycles. The van der Waals surface area contributed by atoms with Crippen LogP contribution < -0.4 is 15.4 Å². The summed E-state index contributed by atoms with van der Waals surface area (Å²) in [7, 11) is 0. The second-order valence-electron chi connectivity index (χ2n) is 5.41. The zero-order valence-electron chi connectivity index (χ0n) is 14.2. The molecule has 1 aromatic rings. The fourth-order valence-electron chi connectivity index (χ4n) is 2.04. The van der Waals surface area contributed by atoms with E-state index >= 15 is 0 Å². The first-order valence-corrected chi connectivity index (χ1v) is 7.92. The number of nitrogens with one attached hydrogen (secondary N) is 2. The van der Waals surface area contributed by atoms with Gasteiger partial charge in [0.1, 0.15) is 11.8 Å². The van der Waals surface area contributed by atoms with Gasteiger partial charge in [0.15, 0.2) is 0 Å². The van der Waals surface area contributed by atoms with Crippen molar-refractivity contribution in [3.63, 3.8) is 0 Å². The molecule has 0 saturated heterocycles. The maximum Gasteiger partial charge on any atom is 0.326 e. The molecule has 2 atom stereocenters. The van der Waals surface area contributed by atoms with Crippen LogP contribution >= 0.6 is 0 Å². The number of carboxylic acids is 1. The normalized spacial score (nSPS) is 12.8. The Labute approximate surface area is 141 Å². The van der Waals surface area contributed by atoms with Gasteiger partial charge in [-0.1, -0.05) is 20.3 Å². The Bertz CT molecular complexity index is 571. The molecule has 0 radical (unpaired) electrons. The average Bonchev–Trinajstić information content (AvgIpc) is 2.57. The van der Waals surface area contributed by atoms with Gasteiger partial charge in [-0.15, -0.1) is 0 Å². The maximum absolute atomic E-state index is 12.0. The molecule has 0 spiro atoms. The molecule has 2 amide bonds. The summed E-state index contributed by atoms with van der Waals surface area (Å²) in [5, 5.41) is 14.0. The van der Waals surface area contributed by atoms with Crippen LogP contribution in [0.5, 0.6) is 5.75 Å². The Kier molecular flexibility index (Phi) is 7.74. The molecular weight excluding hydrogens is 312 g/mol. The Balaban J connectivity index is 2.53. The molecule has 7 heteroatoms. The maximum atomic E-state index is 12.0. The zero-order valence-corrected chi connectivity index (χ0v) is 14.2. The van der Waals surface area contributed by atoms with Gasteiger partial charge in [0.25, 0.3) is 5.91 Å². The molecule has 0 heterocycles. The number of carbonyl (C=O) groups is 3. The SMILES string of the molecule is CCOc1ccc(C(=O)NCC(=O)N[C@H](C(=O)O)[C@@H](C)CC)cc1. The summed E-state index contributed by atoms with van der Waals surface area (Å²) >= 11 is 0. The Morgan fingerprint density at radius 3 is 2.29 bits per heavy atom. The highest BCUT2D eigenvalue weighted by Crippen LogP contribution is 2.12. The fraction of sp³-hybridized carbons (Fsp3) is 0.471. The second-order valence-corrected chi connectivity index (χ2v) is 5.41.